The molecular weight excluding hydrogens is 316 g/mol. The molecule has 0 saturated heterocycles. The molecule has 98 valence electrons. The Balaban J connectivity index is 2.08. The van der Waals surface area contributed by atoms with Gasteiger partial charge in [0.15, 0.2) is 0 Å². The molecular formula is C14H10BrF2NO. The van der Waals surface area contributed by atoms with E-state index < -0.39 is 11.7 Å². The van der Waals surface area contributed by atoms with Crippen molar-refractivity contribution in [1.29, 1.82) is 0 Å². The average molecular weight is 326 g/mol. The lowest BCUT2D eigenvalue weighted by atomic mass is 10.2. The van der Waals surface area contributed by atoms with Gasteiger partial charge in [0, 0.05) is 16.6 Å². The van der Waals surface area contributed by atoms with Crippen LogP contribution in [0.25, 0.3) is 0 Å². The van der Waals surface area contributed by atoms with Gasteiger partial charge in [-0.25, -0.2) is 8.78 Å². The maximum atomic E-state index is 13.4. The van der Waals surface area contributed by atoms with Crippen LogP contribution in [0.15, 0.2) is 46.9 Å². The van der Waals surface area contributed by atoms with Gasteiger partial charge in [0.25, 0.3) is 5.91 Å². The zero-order valence-corrected chi connectivity index (χ0v) is 11.4. The van der Waals surface area contributed by atoms with Gasteiger partial charge in [0.05, 0.1) is 5.56 Å². The Morgan fingerprint density at radius 2 is 1.89 bits per heavy atom. The highest BCUT2D eigenvalue weighted by molar-refractivity contribution is 9.10. The van der Waals surface area contributed by atoms with E-state index in [-0.39, 0.29) is 12.4 Å². The summed E-state index contributed by atoms with van der Waals surface area (Å²) in [5.74, 6) is -1.20. The lowest BCUT2D eigenvalue weighted by molar-refractivity contribution is 0.0950. The fourth-order valence-corrected chi connectivity index (χ4v) is 2.12. The fraction of sp³-hybridized carbons (Fsp3) is 0.0714. The number of hydrogen-bond donors (Lipinski definition) is 1. The molecule has 0 unspecified atom stereocenters. The average Bonchev–Trinajstić information content (AvgIpc) is 2.37. The summed E-state index contributed by atoms with van der Waals surface area (Å²) in [5.41, 5.74) is 0.701. The highest BCUT2D eigenvalue weighted by atomic mass is 79.9. The van der Waals surface area contributed by atoms with Crippen molar-refractivity contribution >= 4 is 21.8 Å². The van der Waals surface area contributed by atoms with Crippen molar-refractivity contribution in [2.75, 3.05) is 0 Å². The Labute approximate surface area is 117 Å². The second-order valence-corrected chi connectivity index (χ2v) is 4.75. The van der Waals surface area contributed by atoms with Crippen molar-refractivity contribution < 1.29 is 13.6 Å². The van der Waals surface area contributed by atoms with Crippen LogP contribution in [0.1, 0.15) is 15.9 Å². The molecule has 0 heterocycles. The largest absolute Gasteiger partial charge is 0.348 e. The van der Waals surface area contributed by atoms with Crippen LogP contribution in [-0.2, 0) is 6.54 Å². The van der Waals surface area contributed by atoms with Crippen molar-refractivity contribution in [3.63, 3.8) is 0 Å². The molecule has 2 aromatic carbocycles. The summed E-state index contributed by atoms with van der Waals surface area (Å²) < 4.78 is 26.6. The van der Waals surface area contributed by atoms with Gasteiger partial charge in [-0.1, -0.05) is 18.2 Å². The van der Waals surface area contributed by atoms with Gasteiger partial charge < -0.3 is 5.32 Å². The maximum absolute atomic E-state index is 13.4. The summed E-state index contributed by atoms with van der Waals surface area (Å²) in [4.78, 5) is 11.9. The number of carbonyl (C=O) groups is 1. The van der Waals surface area contributed by atoms with Crippen LogP contribution in [-0.4, -0.2) is 5.91 Å². The second kappa shape index (κ2) is 5.93. The van der Waals surface area contributed by atoms with Gasteiger partial charge in [-0.3, -0.25) is 4.79 Å². The van der Waals surface area contributed by atoms with E-state index >= 15 is 0 Å². The molecule has 0 radical (unpaired) electrons. The third-order valence-corrected chi connectivity index (χ3v) is 3.23. The minimum atomic E-state index is -0.433. The van der Waals surface area contributed by atoms with E-state index in [0.717, 1.165) is 0 Å². The Morgan fingerprint density at radius 3 is 2.58 bits per heavy atom. The SMILES string of the molecule is O=C(NCc1ccccc1F)c1ccc(F)cc1Br. The topological polar surface area (TPSA) is 29.1 Å². The number of halogens is 3. The fourth-order valence-electron chi connectivity index (χ4n) is 1.59. The quantitative estimate of drug-likeness (QED) is 0.916. The number of amides is 1. The lowest BCUT2D eigenvalue weighted by Gasteiger charge is -2.07. The maximum Gasteiger partial charge on any atom is 0.252 e. The van der Waals surface area contributed by atoms with E-state index in [2.05, 4.69) is 21.2 Å². The number of carbonyl (C=O) groups excluding carboxylic acids is 1. The molecule has 1 N–H and O–H groups in total. The first kappa shape index (κ1) is 13.7. The standard InChI is InChI=1S/C14H10BrF2NO/c15-12-7-10(16)5-6-11(12)14(19)18-8-9-3-1-2-4-13(9)17/h1-7H,8H2,(H,18,19). The van der Waals surface area contributed by atoms with Gasteiger partial charge in [-0.15, -0.1) is 0 Å². The summed E-state index contributed by atoms with van der Waals surface area (Å²) >= 11 is 3.11. The van der Waals surface area contributed by atoms with Crippen LogP contribution < -0.4 is 5.32 Å². The van der Waals surface area contributed by atoms with Crippen LogP contribution >= 0.6 is 15.9 Å². The first-order valence-corrected chi connectivity index (χ1v) is 6.34. The van der Waals surface area contributed by atoms with Gasteiger partial charge in [-0.2, -0.15) is 0 Å². The molecule has 2 rings (SSSR count). The normalized spacial score (nSPS) is 10.3. The van der Waals surface area contributed by atoms with Crippen LogP contribution in [0.3, 0.4) is 0 Å². The molecule has 0 fully saturated rings. The Morgan fingerprint density at radius 1 is 1.16 bits per heavy atom. The van der Waals surface area contributed by atoms with Crippen LogP contribution in [0.4, 0.5) is 8.78 Å². The van der Waals surface area contributed by atoms with Crippen LogP contribution in [0.2, 0.25) is 0 Å². The number of nitrogens with one attached hydrogen (secondary N) is 1. The van der Waals surface area contributed by atoms with Gasteiger partial charge in [0.1, 0.15) is 11.6 Å². The van der Waals surface area contributed by atoms with Crippen molar-refractivity contribution in [3.05, 3.63) is 69.7 Å². The van der Waals surface area contributed by atoms with E-state index in [9.17, 15) is 13.6 Å². The highest BCUT2D eigenvalue weighted by Crippen LogP contribution is 2.18. The molecule has 0 bridgehead atoms. The van der Waals surface area contributed by atoms with Gasteiger partial charge in [-0.05, 0) is 40.2 Å². The molecule has 2 aromatic rings. The summed E-state index contributed by atoms with van der Waals surface area (Å²) in [5, 5.41) is 2.58. The molecule has 0 aliphatic rings. The van der Waals surface area contributed by atoms with Gasteiger partial charge >= 0.3 is 0 Å². The van der Waals surface area contributed by atoms with Crippen molar-refractivity contribution in [1.82, 2.24) is 5.32 Å². The molecule has 0 aromatic heterocycles. The number of rotatable bonds is 3. The summed E-state index contributed by atoms with van der Waals surface area (Å²) in [6.07, 6.45) is 0. The Hall–Kier alpha value is -1.75. The van der Waals surface area contributed by atoms with E-state index in [4.69, 9.17) is 0 Å². The summed E-state index contributed by atoms with van der Waals surface area (Å²) in [6, 6.07) is 9.97. The number of hydrogen-bond acceptors (Lipinski definition) is 1. The summed E-state index contributed by atoms with van der Waals surface area (Å²) in [6.45, 7) is 0.0787. The van der Waals surface area contributed by atoms with Crippen LogP contribution in [0, 0.1) is 11.6 Å². The highest BCUT2D eigenvalue weighted by Gasteiger charge is 2.11. The predicted octanol–water partition coefficient (Wildman–Crippen LogP) is 3.66. The van der Waals surface area contributed by atoms with Crippen molar-refractivity contribution in [2.24, 2.45) is 0 Å². The van der Waals surface area contributed by atoms with E-state index in [1.54, 1.807) is 18.2 Å². The molecule has 5 heteroatoms. The first-order chi connectivity index (χ1) is 9.08. The minimum Gasteiger partial charge on any atom is -0.348 e. The van der Waals surface area contributed by atoms with E-state index in [1.807, 2.05) is 0 Å². The predicted molar refractivity (Wildman–Crippen MR) is 71.7 cm³/mol. The molecule has 19 heavy (non-hydrogen) atoms. The van der Waals surface area contributed by atoms with E-state index in [1.165, 1.54) is 24.3 Å². The summed E-state index contributed by atoms with van der Waals surface area (Å²) in [7, 11) is 0. The molecule has 2 nitrogen and oxygen atoms in total. The first-order valence-electron chi connectivity index (χ1n) is 5.54. The molecule has 0 atom stereocenters. The zero-order valence-electron chi connectivity index (χ0n) is 9.79. The lowest BCUT2D eigenvalue weighted by Crippen LogP contribution is -2.23. The number of benzene rings is 2. The Bertz CT molecular complexity index is 616. The molecule has 0 aliphatic heterocycles. The third-order valence-electron chi connectivity index (χ3n) is 2.57. The van der Waals surface area contributed by atoms with Gasteiger partial charge in [0.2, 0.25) is 0 Å². The van der Waals surface area contributed by atoms with Crippen molar-refractivity contribution in [3.8, 4) is 0 Å². The smallest absolute Gasteiger partial charge is 0.252 e. The van der Waals surface area contributed by atoms with Crippen molar-refractivity contribution in [2.45, 2.75) is 6.54 Å². The molecule has 0 spiro atoms. The van der Waals surface area contributed by atoms with Crippen LogP contribution in [0.5, 0.6) is 0 Å². The monoisotopic (exact) mass is 325 g/mol. The Kier molecular flexibility index (Phi) is 4.27. The molecule has 0 saturated carbocycles. The molecule has 0 aliphatic carbocycles. The van der Waals surface area contributed by atoms with E-state index in [0.29, 0.717) is 15.6 Å². The minimum absolute atomic E-state index is 0.0787. The second-order valence-electron chi connectivity index (χ2n) is 3.90. The third kappa shape index (κ3) is 3.38. The molecule has 1 amide bonds. The zero-order chi connectivity index (χ0) is 13.8.